The summed E-state index contributed by atoms with van der Waals surface area (Å²) < 4.78 is 15.9. The number of methoxy groups -OCH3 is 1. The van der Waals surface area contributed by atoms with Gasteiger partial charge < -0.3 is 14.2 Å². The molecule has 0 unspecified atom stereocenters. The van der Waals surface area contributed by atoms with Gasteiger partial charge in [0.05, 0.1) is 25.4 Å². The van der Waals surface area contributed by atoms with Gasteiger partial charge in [0.25, 0.3) is 0 Å². The largest absolute Gasteiger partial charge is 0.487 e. The highest BCUT2D eigenvalue weighted by molar-refractivity contribution is 6.01. The quantitative estimate of drug-likeness (QED) is 0.532. The van der Waals surface area contributed by atoms with Crippen LogP contribution in [0.5, 0.6) is 5.75 Å². The first-order chi connectivity index (χ1) is 17.8. The van der Waals surface area contributed by atoms with E-state index in [2.05, 4.69) is 15.3 Å². The van der Waals surface area contributed by atoms with Gasteiger partial charge in [-0.05, 0) is 38.3 Å². The maximum Gasteiger partial charge on any atom is 0.410 e. The molecular formula is C25H28N6O6. The molecule has 0 bridgehead atoms. The number of nitriles is 1. The highest BCUT2D eigenvalue weighted by Crippen LogP contribution is 2.30. The number of urea groups is 1. The van der Waals surface area contributed by atoms with Crippen molar-refractivity contribution >= 4 is 30.0 Å². The van der Waals surface area contributed by atoms with Crippen molar-refractivity contribution in [2.24, 2.45) is 0 Å². The van der Waals surface area contributed by atoms with Gasteiger partial charge in [0.1, 0.15) is 47.4 Å². The fraction of sp³-hybridized carbons (Fsp3) is 0.440. The van der Waals surface area contributed by atoms with Crippen LogP contribution in [0, 0.1) is 11.3 Å². The summed E-state index contributed by atoms with van der Waals surface area (Å²) in [5, 5.41) is 12.1. The second-order valence-corrected chi connectivity index (χ2v) is 8.93. The van der Waals surface area contributed by atoms with E-state index in [1.54, 1.807) is 18.9 Å². The smallest absolute Gasteiger partial charge is 0.410 e. The van der Waals surface area contributed by atoms with E-state index in [0.29, 0.717) is 50.3 Å². The van der Waals surface area contributed by atoms with Crippen LogP contribution in [0.1, 0.15) is 47.4 Å². The number of rotatable bonds is 8. The molecule has 37 heavy (non-hydrogen) atoms. The summed E-state index contributed by atoms with van der Waals surface area (Å²) in [5.74, 6) is 0.854. The minimum atomic E-state index is -0.483. The molecule has 4 heterocycles. The Kier molecular flexibility index (Phi) is 7.83. The van der Waals surface area contributed by atoms with Gasteiger partial charge in [0, 0.05) is 25.3 Å². The molecule has 0 spiro atoms. The third-order valence-electron chi connectivity index (χ3n) is 6.14. The van der Waals surface area contributed by atoms with Crippen LogP contribution in [0.15, 0.2) is 18.3 Å². The number of anilines is 2. The molecule has 0 aliphatic carbocycles. The van der Waals surface area contributed by atoms with E-state index < -0.39 is 12.1 Å². The number of aldehydes is 1. The number of hydrogen-bond acceptors (Lipinski definition) is 9. The van der Waals surface area contributed by atoms with Crippen LogP contribution in [0.25, 0.3) is 0 Å². The minimum Gasteiger partial charge on any atom is -0.487 e. The number of cyclic esters (lactones) is 1. The molecule has 2 aliphatic heterocycles. The summed E-state index contributed by atoms with van der Waals surface area (Å²) in [6, 6.07) is 4.73. The van der Waals surface area contributed by atoms with E-state index in [0.717, 1.165) is 5.56 Å². The van der Waals surface area contributed by atoms with E-state index in [9.17, 15) is 19.6 Å². The van der Waals surface area contributed by atoms with Gasteiger partial charge in [0.15, 0.2) is 6.29 Å². The Hall–Kier alpha value is -4.24. The van der Waals surface area contributed by atoms with Crippen molar-refractivity contribution in [3.05, 3.63) is 40.7 Å². The Morgan fingerprint density at radius 1 is 1.43 bits per heavy atom. The maximum absolute atomic E-state index is 13.2. The molecule has 1 fully saturated rings. The van der Waals surface area contributed by atoms with E-state index in [4.69, 9.17) is 14.2 Å². The predicted molar refractivity (Wildman–Crippen MR) is 132 cm³/mol. The number of aryl methyl sites for hydroxylation is 1. The third-order valence-corrected chi connectivity index (χ3v) is 6.14. The van der Waals surface area contributed by atoms with Crippen LogP contribution >= 0.6 is 0 Å². The van der Waals surface area contributed by atoms with Crippen molar-refractivity contribution in [2.45, 2.75) is 45.4 Å². The average molecular weight is 509 g/mol. The van der Waals surface area contributed by atoms with Gasteiger partial charge in [-0.25, -0.2) is 19.6 Å². The molecule has 2 aromatic rings. The number of pyridine rings is 2. The van der Waals surface area contributed by atoms with Crippen LogP contribution in [0.4, 0.5) is 21.2 Å². The molecule has 0 saturated carbocycles. The lowest BCUT2D eigenvalue weighted by Gasteiger charge is -2.29. The number of ether oxygens (including phenoxy) is 3. The third kappa shape index (κ3) is 5.62. The molecular weight excluding hydrogens is 480 g/mol. The fourth-order valence-electron chi connectivity index (χ4n) is 4.28. The van der Waals surface area contributed by atoms with Gasteiger partial charge in [-0.1, -0.05) is 0 Å². The van der Waals surface area contributed by atoms with Crippen LogP contribution in [0.2, 0.25) is 0 Å². The maximum atomic E-state index is 13.2. The molecule has 4 rings (SSSR count). The lowest BCUT2D eigenvalue weighted by molar-refractivity contribution is 0.0919. The molecule has 12 heteroatoms. The number of carbonyl (C=O) groups excluding carboxylic acids is 3. The number of hydrogen-bond donors (Lipinski definition) is 1. The van der Waals surface area contributed by atoms with Gasteiger partial charge in [0.2, 0.25) is 0 Å². The summed E-state index contributed by atoms with van der Waals surface area (Å²) in [7, 11) is 1.55. The summed E-state index contributed by atoms with van der Waals surface area (Å²) in [4.78, 5) is 48.8. The van der Waals surface area contributed by atoms with E-state index >= 15 is 0 Å². The lowest BCUT2D eigenvalue weighted by atomic mass is 10.0. The van der Waals surface area contributed by atoms with Crippen molar-refractivity contribution in [1.29, 1.82) is 5.26 Å². The second kappa shape index (κ2) is 11.2. The number of nitrogens with one attached hydrogen (secondary N) is 1. The SMILES string of the molecule is COC[C@@H](C)Oc1cc(NC(=O)N2CCCc3cc(CN4C(=O)OC[C@@H]4C)c(C=O)nc32)ncc1C#N. The molecule has 3 amide bonds. The molecule has 2 atom stereocenters. The fourth-order valence-corrected chi connectivity index (χ4v) is 4.28. The number of carbonyl (C=O) groups is 3. The number of nitrogens with zero attached hydrogens (tertiary/aromatic N) is 5. The highest BCUT2D eigenvalue weighted by atomic mass is 16.6. The van der Waals surface area contributed by atoms with Crippen molar-refractivity contribution in [3.8, 4) is 11.8 Å². The van der Waals surface area contributed by atoms with Gasteiger partial charge in [-0.15, -0.1) is 0 Å². The molecule has 0 radical (unpaired) electrons. The van der Waals surface area contributed by atoms with Crippen LogP contribution in [-0.2, 0) is 22.4 Å². The van der Waals surface area contributed by atoms with Gasteiger partial charge in [-0.3, -0.25) is 19.9 Å². The molecule has 194 valence electrons. The number of fused-ring (bicyclic) bond motifs is 1. The Balaban J connectivity index is 1.56. The second-order valence-electron chi connectivity index (χ2n) is 8.93. The number of amides is 3. The highest BCUT2D eigenvalue weighted by Gasteiger charge is 2.32. The first kappa shape index (κ1) is 25.8. The van der Waals surface area contributed by atoms with Crippen molar-refractivity contribution in [2.75, 3.05) is 37.1 Å². The minimum absolute atomic E-state index is 0.114. The summed E-state index contributed by atoms with van der Waals surface area (Å²) >= 11 is 0. The molecule has 2 aromatic heterocycles. The first-order valence-corrected chi connectivity index (χ1v) is 11.9. The van der Waals surface area contributed by atoms with E-state index in [1.165, 1.54) is 17.2 Å². The van der Waals surface area contributed by atoms with Crippen molar-refractivity contribution in [1.82, 2.24) is 14.9 Å². The molecule has 2 aliphatic rings. The first-order valence-electron chi connectivity index (χ1n) is 11.9. The normalized spacial score (nSPS) is 17.5. The van der Waals surface area contributed by atoms with Gasteiger partial charge in [-0.2, -0.15) is 5.26 Å². The van der Waals surface area contributed by atoms with E-state index in [1.807, 2.05) is 19.1 Å². The van der Waals surface area contributed by atoms with Crippen molar-refractivity contribution in [3.63, 3.8) is 0 Å². The average Bonchev–Trinajstić information content (AvgIpc) is 3.20. The number of aromatic nitrogens is 2. The Morgan fingerprint density at radius 2 is 2.24 bits per heavy atom. The zero-order valence-corrected chi connectivity index (χ0v) is 20.9. The standard InChI is InChI=1S/C25H28N6O6/c1-15-13-36-25(34)31(15)11-18-7-17-5-4-6-30(23(17)28-20(18)12-32)24(33)29-22-8-21(19(9-26)10-27-22)37-16(2)14-35-3/h7-8,10,12,15-16H,4-6,11,13-14H2,1-3H3,(H,27,29,33)/t15-,16+/m0/s1. The molecule has 1 N–H and O–H groups in total. The molecule has 0 aromatic carbocycles. The summed E-state index contributed by atoms with van der Waals surface area (Å²) in [5.41, 5.74) is 1.78. The summed E-state index contributed by atoms with van der Waals surface area (Å²) in [6.45, 7) is 4.87. The zero-order chi connectivity index (χ0) is 26.5. The van der Waals surface area contributed by atoms with Crippen LogP contribution < -0.4 is 15.0 Å². The Bertz CT molecular complexity index is 1240. The predicted octanol–water partition coefficient (Wildman–Crippen LogP) is 2.90. The summed E-state index contributed by atoms with van der Waals surface area (Å²) in [6.07, 6.45) is 2.56. The lowest BCUT2D eigenvalue weighted by Crippen LogP contribution is -2.40. The molecule has 1 saturated heterocycles. The Morgan fingerprint density at radius 3 is 2.92 bits per heavy atom. The van der Waals surface area contributed by atoms with Crippen molar-refractivity contribution < 1.29 is 28.6 Å². The van der Waals surface area contributed by atoms with Crippen LogP contribution in [-0.4, -0.2) is 72.3 Å². The topological polar surface area (TPSA) is 147 Å². The molecule has 12 nitrogen and oxygen atoms in total. The zero-order valence-electron chi connectivity index (χ0n) is 20.9. The van der Waals surface area contributed by atoms with Crippen LogP contribution in [0.3, 0.4) is 0 Å². The van der Waals surface area contributed by atoms with E-state index in [-0.39, 0.29) is 41.5 Å². The monoisotopic (exact) mass is 508 g/mol. The Labute approximate surface area is 214 Å². The van der Waals surface area contributed by atoms with Gasteiger partial charge >= 0.3 is 12.1 Å².